The molecule has 1 aliphatic rings. The lowest BCUT2D eigenvalue weighted by molar-refractivity contribution is -0.116. The molecule has 0 spiro atoms. The molecule has 6 nitrogen and oxygen atoms in total. The van der Waals surface area contributed by atoms with Crippen molar-refractivity contribution >= 4 is 40.5 Å². The number of halogens is 2. The van der Waals surface area contributed by atoms with Gasteiger partial charge in [-0.25, -0.2) is 4.39 Å². The number of rotatable bonds is 7. The minimum absolute atomic E-state index is 0.133. The standard InChI is InChI=1S/C30H29ClFN5OS/c1-18-11-12-21(31)17-26(18)37-19(2)16-22(20(37)3)29-28(25-10-6-7-14-33-25)35-30(39)36(29)15-13-27(38)34-24-9-5-4-8-23(24)32/h4-12,14,16-17,28-29H,13,15H2,1-3H3,(H,34,38)(H,35,39). The van der Waals surface area contributed by atoms with Crippen LogP contribution in [-0.4, -0.2) is 32.0 Å². The highest BCUT2D eigenvalue weighted by Gasteiger charge is 2.41. The average molecular weight is 562 g/mol. The topological polar surface area (TPSA) is 62.2 Å². The van der Waals surface area contributed by atoms with Gasteiger partial charge in [0.15, 0.2) is 5.11 Å². The number of nitrogens with one attached hydrogen (secondary N) is 2. The predicted octanol–water partition coefficient (Wildman–Crippen LogP) is 6.59. The van der Waals surface area contributed by atoms with E-state index in [1.54, 1.807) is 24.4 Å². The van der Waals surface area contributed by atoms with Gasteiger partial charge in [-0.1, -0.05) is 35.9 Å². The quantitative estimate of drug-likeness (QED) is 0.249. The summed E-state index contributed by atoms with van der Waals surface area (Å²) in [4.78, 5) is 19.5. The number of pyridine rings is 1. The van der Waals surface area contributed by atoms with Gasteiger partial charge >= 0.3 is 0 Å². The Morgan fingerprint density at radius 3 is 2.62 bits per heavy atom. The molecule has 2 N–H and O–H groups in total. The number of benzene rings is 2. The minimum atomic E-state index is -0.471. The second-order valence-corrected chi connectivity index (χ2v) is 10.5. The lowest BCUT2D eigenvalue weighted by atomic mass is 9.96. The van der Waals surface area contributed by atoms with Gasteiger partial charge < -0.3 is 20.1 Å². The third-order valence-corrected chi connectivity index (χ3v) is 7.71. The summed E-state index contributed by atoms with van der Waals surface area (Å²) in [5.41, 5.74) is 6.32. The molecule has 39 heavy (non-hydrogen) atoms. The number of nitrogens with zero attached hydrogens (tertiary/aromatic N) is 3. The Morgan fingerprint density at radius 2 is 1.87 bits per heavy atom. The van der Waals surface area contributed by atoms with E-state index in [4.69, 9.17) is 23.8 Å². The molecule has 0 saturated carbocycles. The number of thiocarbonyl (C=S) groups is 1. The van der Waals surface area contributed by atoms with Gasteiger partial charge in [0.05, 0.1) is 23.5 Å². The molecule has 4 aromatic rings. The maximum atomic E-state index is 14.1. The van der Waals surface area contributed by atoms with Crippen LogP contribution in [0.4, 0.5) is 10.1 Å². The summed E-state index contributed by atoms with van der Waals surface area (Å²) < 4.78 is 16.3. The average Bonchev–Trinajstić information content (AvgIpc) is 3.40. The summed E-state index contributed by atoms with van der Waals surface area (Å²) in [7, 11) is 0. The van der Waals surface area contributed by atoms with Crippen LogP contribution in [0.3, 0.4) is 0 Å². The lowest BCUT2D eigenvalue weighted by Gasteiger charge is -2.28. The molecule has 2 aromatic carbocycles. The maximum absolute atomic E-state index is 14.1. The number of carbonyl (C=O) groups is 1. The van der Waals surface area contributed by atoms with E-state index in [9.17, 15) is 9.18 Å². The molecule has 1 fully saturated rings. The number of para-hydroxylation sites is 1. The van der Waals surface area contributed by atoms with Gasteiger partial charge in [0, 0.05) is 41.3 Å². The van der Waals surface area contributed by atoms with Crippen LogP contribution in [0.15, 0.2) is 72.9 Å². The maximum Gasteiger partial charge on any atom is 0.226 e. The van der Waals surface area contributed by atoms with Crippen LogP contribution in [0.2, 0.25) is 5.02 Å². The highest BCUT2D eigenvalue weighted by molar-refractivity contribution is 7.80. The van der Waals surface area contributed by atoms with Crippen molar-refractivity contribution in [1.82, 2.24) is 19.8 Å². The van der Waals surface area contributed by atoms with E-state index >= 15 is 0 Å². The fourth-order valence-corrected chi connectivity index (χ4v) is 5.76. The molecular weight excluding hydrogens is 533 g/mol. The number of hydrogen-bond donors (Lipinski definition) is 2. The Balaban J connectivity index is 1.50. The summed E-state index contributed by atoms with van der Waals surface area (Å²) in [6.45, 7) is 6.57. The molecule has 2 unspecified atom stereocenters. The molecule has 200 valence electrons. The molecule has 0 aliphatic carbocycles. The van der Waals surface area contributed by atoms with E-state index in [0.717, 1.165) is 33.9 Å². The normalized spacial score (nSPS) is 16.8. The van der Waals surface area contributed by atoms with Crippen molar-refractivity contribution < 1.29 is 9.18 Å². The molecule has 3 heterocycles. The van der Waals surface area contributed by atoms with Crippen LogP contribution in [0.1, 0.15) is 46.7 Å². The van der Waals surface area contributed by atoms with Crippen LogP contribution >= 0.6 is 23.8 Å². The van der Waals surface area contributed by atoms with Crippen LogP contribution in [0.5, 0.6) is 0 Å². The Morgan fingerprint density at radius 1 is 1.10 bits per heavy atom. The number of aromatic nitrogens is 2. The Hall–Kier alpha value is -3.75. The van der Waals surface area contributed by atoms with E-state index in [1.807, 2.05) is 41.3 Å². The first-order valence-corrected chi connectivity index (χ1v) is 13.5. The zero-order chi connectivity index (χ0) is 27.7. The van der Waals surface area contributed by atoms with Crippen molar-refractivity contribution in [2.45, 2.75) is 39.3 Å². The number of aryl methyl sites for hydroxylation is 2. The Kier molecular flexibility index (Phi) is 7.68. The summed E-state index contributed by atoms with van der Waals surface area (Å²) in [5.74, 6) is -0.760. The van der Waals surface area contributed by atoms with E-state index in [2.05, 4.69) is 47.0 Å². The van der Waals surface area contributed by atoms with Gasteiger partial charge in [-0.2, -0.15) is 0 Å². The molecule has 2 atom stereocenters. The molecule has 0 radical (unpaired) electrons. The van der Waals surface area contributed by atoms with Crippen LogP contribution in [0, 0.1) is 26.6 Å². The first-order chi connectivity index (χ1) is 18.7. The van der Waals surface area contributed by atoms with Crippen molar-refractivity contribution in [3.05, 3.63) is 112 Å². The summed E-state index contributed by atoms with van der Waals surface area (Å²) >= 11 is 12.2. The number of carbonyl (C=O) groups excluding carboxylic acids is 1. The Labute approximate surface area is 237 Å². The molecule has 9 heteroatoms. The van der Waals surface area contributed by atoms with E-state index in [0.29, 0.717) is 16.7 Å². The molecule has 2 aromatic heterocycles. The molecule has 5 rings (SSSR count). The van der Waals surface area contributed by atoms with E-state index in [1.165, 1.54) is 6.07 Å². The monoisotopic (exact) mass is 561 g/mol. The Bertz CT molecular complexity index is 1540. The highest BCUT2D eigenvalue weighted by atomic mass is 35.5. The van der Waals surface area contributed by atoms with Gasteiger partial charge in [0.2, 0.25) is 5.91 Å². The minimum Gasteiger partial charge on any atom is -0.352 e. The van der Waals surface area contributed by atoms with Crippen LogP contribution in [0.25, 0.3) is 5.69 Å². The largest absolute Gasteiger partial charge is 0.352 e. The van der Waals surface area contributed by atoms with Crippen molar-refractivity contribution in [2.24, 2.45) is 0 Å². The molecule has 1 amide bonds. The van der Waals surface area contributed by atoms with Crippen molar-refractivity contribution in [3.8, 4) is 5.69 Å². The van der Waals surface area contributed by atoms with Crippen molar-refractivity contribution in [2.75, 3.05) is 11.9 Å². The summed E-state index contributed by atoms with van der Waals surface area (Å²) in [6, 6.07) is 19.5. The van der Waals surface area contributed by atoms with Crippen molar-refractivity contribution in [1.29, 1.82) is 0 Å². The third-order valence-electron chi connectivity index (χ3n) is 7.13. The van der Waals surface area contributed by atoms with Gasteiger partial charge in [0.1, 0.15) is 5.82 Å². The first kappa shape index (κ1) is 26.8. The molecular formula is C30H29ClFN5OS. The second-order valence-electron chi connectivity index (χ2n) is 9.69. The van der Waals surface area contributed by atoms with Gasteiger partial charge in [-0.3, -0.25) is 9.78 Å². The zero-order valence-corrected chi connectivity index (χ0v) is 23.5. The fraction of sp³-hybridized carbons (Fsp3) is 0.233. The predicted molar refractivity (Wildman–Crippen MR) is 157 cm³/mol. The van der Waals surface area contributed by atoms with Crippen LogP contribution < -0.4 is 10.6 Å². The first-order valence-electron chi connectivity index (χ1n) is 12.7. The fourth-order valence-electron chi connectivity index (χ4n) is 5.26. The van der Waals surface area contributed by atoms with Gasteiger partial charge in [0.25, 0.3) is 0 Å². The second kappa shape index (κ2) is 11.2. The summed E-state index contributed by atoms with van der Waals surface area (Å²) in [6.07, 6.45) is 1.90. The zero-order valence-electron chi connectivity index (χ0n) is 21.9. The number of amides is 1. The lowest BCUT2D eigenvalue weighted by Crippen LogP contribution is -2.33. The third kappa shape index (κ3) is 5.40. The van der Waals surface area contributed by atoms with Gasteiger partial charge in [-0.15, -0.1) is 0 Å². The number of hydrogen-bond acceptors (Lipinski definition) is 3. The smallest absolute Gasteiger partial charge is 0.226 e. The highest BCUT2D eigenvalue weighted by Crippen LogP contribution is 2.41. The summed E-state index contributed by atoms with van der Waals surface area (Å²) in [5, 5.41) is 7.32. The van der Waals surface area contributed by atoms with E-state index in [-0.39, 0.29) is 30.1 Å². The molecule has 1 aliphatic heterocycles. The SMILES string of the molecule is Cc1ccc(Cl)cc1-n1c(C)cc(C2C(c3ccccn3)NC(=S)N2CCC(=O)Nc2ccccc2F)c1C. The molecule has 1 saturated heterocycles. The number of anilines is 1. The van der Waals surface area contributed by atoms with Crippen molar-refractivity contribution in [3.63, 3.8) is 0 Å². The van der Waals surface area contributed by atoms with Crippen LogP contribution in [-0.2, 0) is 4.79 Å². The molecule has 0 bridgehead atoms. The van der Waals surface area contributed by atoms with Gasteiger partial charge in [-0.05, 0) is 86.6 Å². The van der Waals surface area contributed by atoms with E-state index < -0.39 is 5.82 Å².